The van der Waals surface area contributed by atoms with E-state index in [4.69, 9.17) is 21.1 Å². The second-order valence-corrected chi connectivity index (χ2v) is 10.4. The number of hydrogen-bond acceptors (Lipinski definition) is 6. The number of rotatable bonds is 11. The number of imide groups is 1. The molecule has 0 unspecified atom stereocenters. The van der Waals surface area contributed by atoms with Crippen molar-refractivity contribution in [1.82, 2.24) is 4.90 Å². The number of carbonyl (C=O) groups excluding carboxylic acids is 3. The van der Waals surface area contributed by atoms with E-state index in [-0.39, 0.29) is 4.91 Å². The van der Waals surface area contributed by atoms with Crippen LogP contribution in [0.3, 0.4) is 0 Å². The highest BCUT2D eigenvalue weighted by Crippen LogP contribution is 2.38. The average Bonchev–Trinajstić information content (AvgIpc) is 3.18. The molecule has 0 radical (unpaired) electrons. The van der Waals surface area contributed by atoms with Crippen molar-refractivity contribution in [3.05, 3.63) is 106 Å². The first-order chi connectivity index (χ1) is 19.3. The molecular weight excluding hydrogens is 548 g/mol. The number of carbonyl (C=O) groups is 3. The van der Waals surface area contributed by atoms with Gasteiger partial charge in [-0.25, -0.2) is 0 Å². The Morgan fingerprint density at radius 3 is 2.55 bits per heavy atom. The average molecular weight is 577 g/mol. The number of nitrogens with zero attached hydrogens (tertiary/aromatic N) is 1. The monoisotopic (exact) mass is 576 g/mol. The van der Waals surface area contributed by atoms with Crippen molar-refractivity contribution in [2.75, 3.05) is 18.5 Å². The number of thioether (sulfide) groups is 1. The highest BCUT2D eigenvalue weighted by Gasteiger charge is 2.36. The summed E-state index contributed by atoms with van der Waals surface area (Å²) in [6.45, 7) is 8.12. The van der Waals surface area contributed by atoms with Gasteiger partial charge in [-0.3, -0.25) is 19.3 Å². The molecule has 0 saturated carbocycles. The van der Waals surface area contributed by atoms with Crippen LogP contribution in [0.4, 0.5) is 10.5 Å². The smallest absolute Gasteiger partial charge is 0.294 e. The summed E-state index contributed by atoms with van der Waals surface area (Å²) >= 11 is 6.87. The van der Waals surface area contributed by atoms with Crippen LogP contribution in [-0.2, 0) is 22.6 Å². The molecule has 0 aliphatic carbocycles. The second-order valence-electron chi connectivity index (χ2n) is 9.00. The van der Waals surface area contributed by atoms with Crippen molar-refractivity contribution in [2.45, 2.75) is 26.9 Å². The van der Waals surface area contributed by atoms with E-state index in [0.29, 0.717) is 47.4 Å². The van der Waals surface area contributed by atoms with Crippen LogP contribution in [0.2, 0.25) is 5.02 Å². The molecule has 9 heteroatoms. The summed E-state index contributed by atoms with van der Waals surface area (Å²) in [4.78, 5) is 39.4. The molecule has 0 spiro atoms. The fourth-order valence-corrected chi connectivity index (χ4v) is 5.05. The molecule has 1 N–H and O–H groups in total. The first-order valence-corrected chi connectivity index (χ1v) is 13.9. The van der Waals surface area contributed by atoms with Gasteiger partial charge in [0.1, 0.15) is 13.2 Å². The van der Waals surface area contributed by atoms with Crippen molar-refractivity contribution in [1.29, 1.82) is 0 Å². The zero-order valence-electron chi connectivity index (χ0n) is 22.2. The van der Waals surface area contributed by atoms with Gasteiger partial charge in [0.25, 0.3) is 11.1 Å². The molecule has 40 heavy (non-hydrogen) atoms. The van der Waals surface area contributed by atoms with E-state index < -0.39 is 23.6 Å². The van der Waals surface area contributed by atoms with Gasteiger partial charge in [-0.05, 0) is 73.5 Å². The first-order valence-electron chi connectivity index (χ1n) is 12.7. The van der Waals surface area contributed by atoms with Crippen molar-refractivity contribution < 1.29 is 23.9 Å². The van der Waals surface area contributed by atoms with Crippen molar-refractivity contribution >= 4 is 52.2 Å². The standard InChI is InChI=1S/C31H29ClN2O5S/c1-4-8-23-15-22(16-26(38-5-2)29(23)39-19-21-13-11-20(3)12-14-21)17-27-30(36)34(31(37)40-27)18-28(35)33-25-10-7-6-9-24(25)32/h4,6-7,9-17H,1,5,8,18-19H2,2-3H3,(H,33,35)/b27-17+. The summed E-state index contributed by atoms with van der Waals surface area (Å²) in [5.74, 6) is 0.0493. The molecule has 3 aromatic rings. The number of ether oxygens (including phenoxy) is 2. The number of nitrogens with one attached hydrogen (secondary N) is 1. The van der Waals surface area contributed by atoms with Gasteiger partial charge in [-0.1, -0.05) is 59.6 Å². The Balaban J connectivity index is 1.55. The van der Waals surface area contributed by atoms with Gasteiger partial charge in [0.2, 0.25) is 5.91 Å². The van der Waals surface area contributed by atoms with Gasteiger partial charge in [0.05, 0.1) is 22.2 Å². The maximum Gasteiger partial charge on any atom is 0.294 e. The summed E-state index contributed by atoms with van der Waals surface area (Å²) in [5, 5.41) is 2.46. The maximum atomic E-state index is 13.1. The van der Waals surface area contributed by atoms with E-state index in [2.05, 4.69) is 11.9 Å². The van der Waals surface area contributed by atoms with Crippen molar-refractivity contribution in [3.8, 4) is 11.5 Å². The minimum absolute atomic E-state index is 0.205. The molecule has 1 aliphatic rings. The van der Waals surface area contributed by atoms with Crippen LogP contribution in [-0.4, -0.2) is 35.1 Å². The van der Waals surface area contributed by atoms with E-state index in [9.17, 15) is 14.4 Å². The molecule has 0 aromatic heterocycles. The topological polar surface area (TPSA) is 84.9 Å². The molecule has 206 valence electrons. The zero-order chi connectivity index (χ0) is 28.6. The predicted molar refractivity (Wildman–Crippen MR) is 160 cm³/mol. The Kier molecular flexibility index (Phi) is 9.69. The molecule has 0 atom stereocenters. The number of hydrogen-bond donors (Lipinski definition) is 1. The summed E-state index contributed by atoms with van der Waals surface area (Å²) in [7, 11) is 0. The van der Waals surface area contributed by atoms with Gasteiger partial charge in [-0.15, -0.1) is 6.58 Å². The lowest BCUT2D eigenvalue weighted by Gasteiger charge is -2.17. The third kappa shape index (κ3) is 7.14. The van der Waals surface area contributed by atoms with Crippen LogP contribution in [0, 0.1) is 6.92 Å². The number of allylic oxidation sites excluding steroid dienone is 1. The number of amides is 3. The molecule has 1 saturated heterocycles. The third-order valence-electron chi connectivity index (χ3n) is 5.94. The second kappa shape index (κ2) is 13.4. The molecule has 0 bridgehead atoms. The summed E-state index contributed by atoms with van der Waals surface area (Å²) in [6.07, 6.45) is 3.89. The first kappa shape index (κ1) is 29.0. The Morgan fingerprint density at radius 2 is 1.85 bits per heavy atom. The van der Waals surface area contributed by atoms with E-state index in [1.165, 1.54) is 5.56 Å². The molecule has 7 nitrogen and oxygen atoms in total. The molecular formula is C31H29ClN2O5S. The highest BCUT2D eigenvalue weighted by atomic mass is 35.5. The van der Waals surface area contributed by atoms with Gasteiger partial charge in [0, 0.05) is 5.56 Å². The van der Waals surface area contributed by atoms with E-state index >= 15 is 0 Å². The minimum Gasteiger partial charge on any atom is -0.490 e. The fraction of sp³-hybridized carbons (Fsp3) is 0.194. The summed E-state index contributed by atoms with van der Waals surface area (Å²) in [5.41, 5.74) is 4.08. The highest BCUT2D eigenvalue weighted by molar-refractivity contribution is 8.18. The number of halogens is 1. The molecule has 3 amide bonds. The zero-order valence-corrected chi connectivity index (χ0v) is 23.8. The van der Waals surface area contributed by atoms with Crippen LogP contribution in [0.15, 0.2) is 78.2 Å². The SMILES string of the molecule is C=CCc1cc(/C=C2/SC(=O)N(CC(=O)Nc3ccccc3Cl)C2=O)cc(OCC)c1OCc1ccc(C)cc1. The lowest BCUT2D eigenvalue weighted by molar-refractivity contribution is -0.127. The van der Waals surface area contributed by atoms with E-state index in [1.807, 2.05) is 44.2 Å². The maximum absolute atomic E-state index is 13.1. The van der Waals surface area contributed by atoms with Gasteiger partial charge >= 0.3 is 0 Å². The Morgan fingerprint density at radius 1 is 1.10 bits per heavy atom. The summed E-state index contributed by atoms with van der Waals surface area (Å²) in [6, 6.07) is 18.5. The Bertz CT molecular complexity index is 1470. The predicted octanol–water partition coefficient (Wildman–Crippen LogP) is 7.03. The van der Waals surface area contributed by atoms with Crippen LogP contribution in [0.5, 0.6) is 11.5 Å². The van der Waals surface area contributed by atoms with Crippen LogP contribution in [0.1, 0.15) is 29.2 Å². The Labute approximate surface area is 242 Å². The summed E-state index contributed by atoms with van der Waals surface area (Å²) < 4.78 is 12.1. The molecule has 1 fully saturated rings. The lowest BCUT2D eigenvalue weighted by atomic mass is 10.0. The number of anilines is 1. The molecule has 3 aromatic carbocycles. The van der Waals surface area contributed by atoms with E-state index in [1.54, 1.807) is 42.5 Å². The van der Waals surface area contributed by atoms with Crippen molar-refractivity contribution in [3.63, 3.8) is 0 Å². The molecule has 1 heterocycles. The minimum atomic E-state index is -0.549. The van der Waals surface area contributed by atoms with Crippen LogP contribution >= 0.6 is 23.4 Å². The van der Waals surface area contributed by atoms with Gasteiger partial charge in [0.15, 0.2) is 11.5 Å². The largest absolute Gasteiger partial charge is 0.490 e. The fourth-order valence-electron chi connectivity index (χ4n) is 4.02. The van der Waals surface area contributed by atoms with Crippen LogP contribution in [0.25, 0.3) is 6.08 Å². The van der Waals surface area contributed by atoms with E-state index in [0.717, 1.165) is 27.8 Å². The quantitative estimate of drug-likeness (QED) is 0.195. The van der Waals surface area contributed by atoms with Crippen molar-refractivity contribution in [2.24, 2.45) is 0 Å². The number of para-hydroxylation sites is 1. The Hall–Kier alpha value is -4.01. The third-order valence-corrected chi connectivity index (χ3v) is 7.18. The van der Waals surface area contributed by atoms with Gasteiger partial charge in [-0.2, -0.15) is 0 Å². The number of aryl methyl sites for hydroxylation is 1. The lowest BCUT2D eigenvalue weighted by Crippen LogP contribution is -2.36. The van der Waals surface area contributed by atoms with Gasteiger partial charge < -0.3 is 14.8 Å². The molecule has 4 rings (SSSR count). The molecule has 1 aliphatic heterocycles. The number of benzene rings is 3. The van der Waals surface area contributed by atoms with Crippen LogP contribution < -0.4 is 14.8 Å². The normalized spacial score (nSPS) is 14.0.